The van der Waals surface area contributed by atoms with Crippen LogP contribution in [0.1, 0.15) is 0 Å². The third-order valence-electron chi connectivity index (χ3n) is 6.47. The zero-order valence-corrected chi connectivity index (χ0v) is 22.4. The molecule has 0 N–H and O–H groups in total. The van der Waals surface area contributed by atoms with E-state index >= 15 is 0 Å². The van der Waals surface area contributed by atoms with E-state index in [1.165, 1.54) is 20.2 Å². The molecule has 0 radical (unpaired) electrons. The lowest BCUT2D eigenvalue weighted by atomic mass is 10.0. The van der Waals surface area contributed by atoms with Gasteiger partial charge in [-0.15, -0.1) is 11.3 Å². The number of nitrogens with zero attached hydrogens (tertiary/aromatic N) is 4. The molecule has 0 saturated carbocycles. The van der Waals surface area contributed by atoms with E-state index in [0.717, 1.165) is 32.3 Å². The van der Waals surface area contributed by atoms with Gasteiger partial charge in [0.15, 0.2) is 17.5 Å². The van der Waals surface area contributed by atoms with E-state index in [4.69, 9.17) is 15.0 Å². The SMILES string of the molecule is Brc1cc(-c2ccncc2)cc(-c2nc(-c3ccccc3)nc(-c3ccc4c(c3)sc3ccccc34)n2)c1. The van der Waals surface area contributed by atoms with Crippen molar-refractivity contribution >= 4 is 47.4 Å². The van der Waals surface area contributed by atoms with Crippen LogP contribution in [0.4, 0.5) is 0 Å². The molecule has 0 bridgehead atoms. The molecule has 38 heavy (non-hydrogen) atoms. The number of thiophene rings is 1. The Labute approximate surface area is 231 Å². The average molecular weight is 572 g/mol. The molecule has 3 aromatic heterocycles. The lowest BCUT2D eigenvalue weighted by molar-refractivity contribution is 1.07. The van der Waals surface area contributed by atoms with E-state index in [-0.39, 0.29) is 0 Å². The maximum absolute atomic E-state index is 4.99. The number of pyridine rings is 1. The largest absolute Gasteiger partial charge is 0.265 e. The molecule has 0 spiro atoms. The van der Waals surface area contributed by atoms with Crippen molar-refractivity contribution < 1.29 is 0 Å². The zero-order chi connectivity index (χ0) is 25.5. The predicted octanol–water partition coefficient (Wildman–Crippen LogP) is 9.06. The van der Waals surface area contributed by atoms with Gasteiger partial charge in [0.2, 0.25) is 0 Å². The average Bonchev–Trinajstić information content (AvgIpc) is 3.35. The maximum Gasteiger partial charge on any atom is 0.164 e. The van der Waals surface area contributed by atoms with Gasteiger partial charge in [-0.05, 0) is 53.6 Å². The van der Waals surface area contributed by atoms with E-state index in [0.29, 0.717) is 17.5 Å². The molecular formula is C32H19BrN4S. The summed E-state index contributed by atoms with van der Waals surface area (Å²) in [6, 6.07) is 35.3. The standard InChI is InChI=1S/C32H19BrN4S/c33-25-17-23(20-12-14-34-15-13-20)16-24(18-25)32-36-30(21-6-2-1-3-7-21)35-31(37-32)22-10-11-27-26-8-4-5-9-28(26)38-29(27)19-22/h1-19H. The van der Waals surface area contributed by atoms with Crippen LogP contribution in [0.25, 0.3) is 65.5 Å². The molecule has 0 fully saturated rings. The number of halogens is 1. The predicted molar refractivity (Wildman–Crippen MR) is 160 cm³/mol. The third kappa shape index (κ3) is 4.28. The van der Waals surface area contributed by atoms with Crippen LogP contribution in [0, 0.1) is 0 Å². The Morgan fingerprint density at radius 3 is 1.95 bits per heavy atom. The first-order valence-electron chi connectivity index (χ1n) is 12.2. The van der Waals surface area contributed by atoms with Crippen molar-refractivity contribution in [2.45, 2.75) is 0 Å². The highest BCUT2D eigenvalue weighted by Gasteiger charge is 2.15. The molecule has 0 amide bonds. The number of benzene rings is 4. The molecule has 0 aliphatic heterocycles. The van der Waals surface area contributed by atoms with Crippen LogP contribution in [0.15, 0.2) is 120 Å². The van der Waals surface area contributed by atoms with Gasteiger partial charge in [-0.25, -0.2) is 15.0 Å². The fourth-order valence-electron chi connectivity index (χ4n) is 4.65. The van der Waals surface area contributed by atoms with Gasteiger partial charge in [0.1, 0.15) is 0 Å². The molecule has 7 rings (SSSR count). The lowest BCUT2D eigenvalue weighted by Gasteiger charge is -2.10. The summed E-state index contributed by atoms with van der Waals surface area (Å²) in [5.74, 6) is 1.92. The van der Waals surface area contributed by atoms with Crippen molar-refractivity contribution in [1.29, 1.82) is 0 Å². The molecule has 0 aliphatic carbocycles. The number of hydrogen-bond acceptors (Lipinski definition) is 5. The van der Waals surface area contributed by atoms with Crippen LogP contribution in [-0.4, -0.2) is 19.9 Å². The molecule has 4 nitrogen and oxygen atoms in total. The highest BCUT2D eigenvalue weighted by Crippen LogP contribution is 2.36. The molecule has 6 heteroatoms. The Balaban J connectivity index is 1.42. The summed E-state index contributed by atoms with van der Waals surface area (Å²) in [7, 11) is 0. The van der Waals surface area contributed by atoms with E-state index in [2.05, 4.69) is 75.5 Å². The molecular weight excluding hydrogens is 552 g/mol. The topological polar surface area (TPSA) is 51.6 Å². The highest BCUT2D eigenvalue weighted by atomic mass is 79.9. The fourth-order valence-corrected chi connectivity index (χ4v) is 6.28. The van der Waals surface area contributed by atoms with Gasteiger partial charge in [0.25, 0.3) is 0 Å². The first-order valence-corrected chi connectivity index (χ1v) is 13.8. The number of rotatable bonds is 4. The molecule has 0 aliphatic rings. The molecule has 0 unspecified atom stereocenters. The van der Waals surface area contributed by atoms with Crippen molar-refractivity contribution in [2.75, 3.05) is 0 Å². The van der Waals surface area contributed by atoms with Crippen LogP contribution in [0.2, 0.25) is 0 Å². The van der Waals surface area contributed by atoms with E-state index in [1.54, 1.807) is 23.7 Å². The van der Waals surface area contributed by atoms with Gasteiger partial charge in [0.05, 0.1) is 0 Å². The van der Waals surface area contributed by atoms with Crippen molar-refractivity contribution in [2.24, 2.45) is 0 Å². The minimum absolute atomic E-state index is 0.627. The monoisotopic (exact) mass is 570 g/mol. The van der Waals surface area contributed by atoms with Crippen LogP contribution < -0.4 is 0 Å². The molecule has 180 valence electrons. The normalized spacial score (nSPS) is 11.3. The van der Waals surface area contributed by atoms with E-state index < -0.39 is 0 Å². The first-order chi connectivity index (χ1) is 18.7. The second-order valence-electron chi connectivity index (χ2n) is 8.95. The Hall–Kier alpha value is -4.26. The Morgan fingerprint density at radius 1 is 0.474 bits per heavy atom. The van der Waals surface area contributed by atoms with Gasteiger partial charge in [-0.3, -0.25) is 4.98 Å². The highest BCUT2D eigenvalue weighted by molar-refractivity contribution is 9.10. The molecule has 0 atom stereocenters. The van der Waals surface area contributed by atoms with Gasteiger partial charge < -0.3 is 0 Å². The summed E-state index contributed by atoms with van der Waals surface area (Å²) in [5, 5.41) is 2.53. The molecule has 3 heterocycles. The fraction of sp³-hybridized carbons (Fsp3) is 0. The molecule has 0 saturated heterocycles. The summed E-state index contributed by atoms with van der Waals surface area (Å²) in [6.45, 7) is 0. The van der Waals surface area contributed by atoms with Crippen LogP contribution in [0.3, 0.4) is 0 Å². The quantitative estimate of drug-likeness (QED) is 0.212. The Bertz CT molecular complexity index is 1930. The summed E-state index contributed by atoms with van der Waals surface area (Å²) in [5.41, 5.74) is 4.97. The van der Waals surface area contributed by atoms with Gasteiger partial charge in [-0.1, -0.05) is 76.6 Å². The van der Waals surface area contributed by atoms with Crippen LogP contribution >= 0.6 is 27.3 Å². The Kier molecular flexibility index (Phi) is 5.76. The van der Waals surface area contributed by atoms with Gasteiger partial charge in [-0.2, -0.15) is 0 Å². The maximum atomic E-state index is 4.99. The smallest absolute Gasteiger partial charge is 0.164 e. The van der Waals surface area contributed by atoms with Crippen molar-refractivity contribution in [3.63, 3.8) is 0 Å². The second-order valence-corrected chi connectivity index (χ2v) is 10.9. The summed E-state index contributed by atoms with van der Waals surface area (Å²) in [4.78, 5) is 19.0. The number of fused-ring (bicyclic) bond motifs is 3. The number of hydrogen-bond donors (Lipinski definition) is 0. The minimum atomic E-state index is 0.627. The van der Waals surface area contributed by atoms with E-state index in [9.17, 15) is 0 Å². The lowest BCUT2D eigenvalue weighted by Crippen LogP contribution is -2.00. The number of aromatic nitrogens is 4. The van der Waals surface area contributed by atoms with Crippen LogP contribution in [0.5, 0.6) is 0 Å². The van der Waals surface area contributed by atoms with E-state index in [1.807, 2.05) is 48.5 Å². The van der Waals surface area contributed by atoms with Crippen LogP contribution in [-0.2, 0) is 0 Å². The van der Waals surface area contributed by atoms with Crippen molar-refractivity contribution in [3.8, 4) is 45.3 Å². The summed E-state index contributed by atoms with van der Waals surface area (Å²) >= 11 is 5.48. The van der Waals surface area contributed by atoms with Gasteiger partial charge >= 0.3 is 0 Å². The minimum Gasteiger partial charge on any atom is -0.265 e. The molecule has 4 aromatic carbocycles. The summed E-state index contributed by atoms with van der Waals surface area (Å²) in [6.07, 6.45) is 3.60. The van der Waals surface area contributed by atoms with Crippen molar-refractivity contribution in [3.05, 3.63) is 120 Å². The second kappa shape index (κ2) is 9.56. The molecule has 7 aromatic rings. The summed E-state index contributed by atoms with van der Waals surface area (Å²) < 4.78 is 3.45. The third-order valence-corrected chi connectivity index (χ3v) is 8.07. The van der Waals surface area contributed by atoms with Gasteiger partial charge in [0, 0.05) is 53.7 Å². The first kappa shape index (κ1) is 22.9. The zero-order valence-electron chi connectivity index (χ0n) is 20.0. The van der Waals surface area contributed by atoms with Crippen molar-refractivity contribution in [1.82, 2.24) is 19.9 Å². The Morgan fingerprint density at radius 2 is 1.13 bits per heavy atom.